The highest BCUT2D eigenvalue weighted by Crippen LogP contribution is 2.37. The van der Waals surface area contributed by atoms with E-state index < -0.39 is 0 Å². The maximum Gasteiger partial charge on any atom is 0.140 e. The van der Waals surface area contributed by atoms with Gasteiger partial charge in [-0.2, -0.15) is 0 Å². The Balaban J connectivity index is 2.02. The Morgan fingerprint density at radius 2 is 2.12 bits per heavy atom. The normalized spacial score (nSPS) is 18.7. The lowest BCUT2D eigenvalue weighted by Gasteiger charge is -2.24. The molecule has 0 aliphatic heterocycles. The van der Waals surface area contributed by atoms with Crippen LogP contribution < -0.4 is 5.32 Å². The van der Waals surface area contributed by atoms with Gasteiger partial charge in [-0.05, 0) is 52.7 Å². The molecule has 0 atom stereocenters. The largest absolute Gasteiger partial charge is 0.369 e. The molecule has 1 heterocycles. The molecule has 1 aliphatic carbocycles. The van der Waals surface area contributed by atoms with Crippen LogP contribution in [0.15, 0.2) is 16.7 Å². The molecule has 1 aromatic heterocycles. The molecule has 0 unspecified atom stereocenters. The lowest BCUT2D eigenvalue weighted by Crippen LogP contribution is -2.23. The van der Waals surface area contributed by atoms with E-state index in [1.54, 1.807) is 0 Å². The van der Waals surface area contributed by atoms with Crippen LogP contribution in [-0.2, 0) is 0 Å². The Labute approximate surface area is 106 Å². The lowest BCUT2D eigenvalue weighted by atomic mass is 9.89. The standard InChI is InChI=1S/C13H19BrN2/c1-10-5-8-15-12(11(10)14)16-9-13(2)6-3-4-7-13/h5,8H,3-4,6-7,9H2,1-2H3,(H,15,16). The van der Waals surface area contributed by atoms with Gasteiger partial charge in [0.1, 0.15) is 5.82 Å². The number of nitrogens with zero attached hydrogens (tertiary/aromatic N) is 1. The van der Waals surface area contributed by atoms with Crippen molar-refractivity contribution in [3.05, 3.63) is 22.3 Å². The van der Waals surface area contributed by atoms with Crippen molar-refractivity contribution in [1.82, 2.24) is 4.98 Å². The second-order valence-corrected chi connectivity index (χ2v) is 5.95. The van der Waals surface area contributed by atoms with Gasteiger partial charge in [0, 0.05) is 12.7 Å². The van der Waals surface area contributed by atoms with E-state index in [1.165, 1.54) is 31.2 Å². The summed E-state index contributed by atoms with van der Waals surface area (Å²) in [6.45, 7) is 5.49. The van der Waals surface area contributed by atoms with Crippen LogP contribution in [0.3, 0.4) is 0 Å². The quantitative estimate of drug-likeness (QED) is 0.901. The Bertz CT molecular complexity index is 370. The maximum absolute atomic E-state index is 4.37. The minimum absolute atomic E-state index is 0.463. The van der Waals surface area contributed by atoms with Crippen molar-refractivity contribution in [2.45, 2.75) is 39.5 Å². The highest BCUT2D eigenvalue weighted by Gasteiger charge is 2.28. The molecule has 16 heavy (non-hydrogen) atoms. The van der Waals surface area contributed by atoms with Crippen LogP contribution in [0.2, 0.25) is 0 Å². The van der Waals surface area contributed by atoms with Crippen molar-refractivity contribution in [3.63, 3.8) is 0 Å². The Morgan fingerprint density at radius 1 is 1.44 bits per heavy atom. The third-order valence-electron chi connectivity index (χ3n) is 3.58. The molecular formula is C13H19BrN2. The van der Waals surface area contributed by atoms with Gasteiger partial charge in [-0.15, -0.1) is 0 Å². The van der Waals surface area contributed by atoms with Crippen molar-refractivity contribution in [1.29, 1.82) is 0 Å². The fraction of sp³-hybridized carbons (Fsp3) is 0.615. The number of aromatic nitrogens is 1. The number of rotatable bonds is 3. The molecule has 1 aromatic rings. The first kappa shape index (κ1) is 11.9. The summed E-state index contributed by atoms with van der Waals surface area (Å²) in [7, 11) is 0. The summed E-state index contributed by atoms with van der Waals surface area (Å²) in [6.07, 6.45) is 7.29. The number of halogens is 1. The lowest BCUT2D eigenvalue weighted by molar-refractivity contribution is 0.361. The van der Waals surface area contributed by atoms with Crippen LogP contribution in [0, 0.1) is 12.3 Å². The Kier molecular flexibility index (Phi) is 3.53. The third-order valence-corrected chi connectivity index (χ3v) is 4.58. The highest BCUT2D eigenvalue weighted by molar-refractivity contribution is 9.10. The number of hydrogen-bond donors (Lipinski definition) is 1. The number of nitrogens with one attached hydrogen (secondary N) is 1. The first-order valence-corrected chi connectivity index (χ1v) is 6.75. The summed E-state index contributed by atoms with van der Waals surface area (Å²) >= 11 is 3.58. The van der Waals surface area contributed by atoms with E-state index in [1.807, 2.05) is 12.3 Å². The SMILES string of the molecule is Cc1ccnc(NCC2(C)CCCC2)c1Br. The van der Waals surface area contributed by atoms with Crippen LogP contribution in [0.1, 0.15) is 38.2 Å². The zero-order valence-corrected chi connectivity index (χ0v) is 11.6. The van der Waals surface area contributed by atoms with Crippen LogP contribution in [0.5, 0.6) is 0 Å². The predicted octanol–water partition coefficient (Wildman–Crippen LogP) is 4.14. The van der Waals surface area contributed by atoms with E-state index in [0.29, 0.717) is 5.41 Å². The first-order valence-electron chi connectivity index (χ1n) is 5.96. The van der Waals surface area contributed by atoms with Gasteiger partial charge in [0.15, 0.2) is 0 Å². The Morgan fingerprint density at radius 3 is 2.81 bits per heavy atom. The molecule has 1 N–H and O–H groups in total. The summed E-state index contributed by atoms with van der Waals surface area (Å²) in [4.78, 5) is 4.37. The van der Waals surface area contributed by atoms with Crippen molar-refractivity contribution in [3.8, 4) is 0 Å². The van der Waals surface area contributed by atoms with Crippen LogP contribution in [-0.4, -0.2) is 11.5 Å². The van der Waals surface area contributed by atoms with Crippen molar-refractivity contribution < 1.29 is 0 Å². The summed E-state index contributed by atoms with van der Waals surface area (Å²) in [5.74, 6) is 0.980. The monoisotopic (exact) mass is 282 g/mol. The van der Waals surface area contributed by atoms with Gasteiger partial charge in [-0.3, -0.25) is 0 Å². The van der Waals surface area contributed by atoms with Crippen molar-refractivity contribution in [2.24, 2.45) is 5.41 Å². The van der Waals surface area contributed by atoms with Crippen LogP contribution in [0.25, 0.3) is 0 Å². The van der Waals surface area contributed by atoms with E-state index in [4.69, 9.17) is 0 Å². The molecule has 0 saturated heterocycles. The van der Waals surface area contributed by atoms with E-state index in [0.717, 1.165) is 16.8 Å². The van der Waals surface area contributed by atoms with Crippen molar-refractivity contribution >= 4 is 21.7 Å². The van der Waals surface area contributed by atoms with Gasteiger partial charge in [-0.1, -0.05) is 19.8 Å². The molecule has 0 aromatic carbocycles. The van der Waals surface area contributed by atoms with E-state index in [9.17, 15) is 0 Å². The second-order valence-electron chi connectivity index (χ2n) is 5.16. The van der Waals surface area contributed by atoms with Gasteiger partial charge < -0.3 is 5.32 Å². The number of aryl methyl sites for hydroxylation is 1. The average molecular weight is 283 g/mol. The number of pyridine rings is 1. The summed E-state index contributed by atoms with van der Waals surface area (Å²) < 4.78 is 1.09. The summed E-state index contributed by atoms with van der Waals surface area (Å²) in [5, 5.41) is 3.48. The van der Waals surface area contributed by atoms with E-state index in [2.05, 4.69) is 40.1 Å². The molecule has 1 saturated carbocycles. The molecule has 2 nitrogen and oxygen atoms in total. The first-order chi connectivity index (χ1) is 7.61. The molecular weight excluding hydrogens is 264 g/mol. The third kappa shape index (κ3) is 2.57. The topological polar surface area (TPSA) is 24.9 Å². The number of anilines is 1. The van der Waals surface area contributed by atoms with Crippen LogP contribution in [0.4, 0.5) is 5.82 Å². The summed E-state index contributed by atoms with van der Waals surface area (Å²) in [5.41, 5.74) is 1.69. The minimum Gasteiger partial charge on any atom is -0.369 e. The smallest absolute Gasteiger partial charge is 0.140 e. The number of hydrogen-bond acceptors (Lipinski definition) is 2. The zero-order valence-electron chi connectivity index (χ0n) is 10.0. The molecule has 1 aliphatic rings. The minimum atomic E-state index is 0.463. The average Bonchev–Trinajstić information content (AvgIpc) is 2.68. The maximum atomic E-state index is 4.37. The van der Waals surface area contributed by atoms with Gasteiger partial charge >= 0.3 is 0 Å². The predicted molar refractivity (Wildman–Crippen MR) is 71.7 cm³/mol. The molecule has 0 spiro atoms. The molecule has 88 valence electrons. The van der Waals surface area contributed by atoms with Crippen molar-refractivity contribution in [2.75, 3.05) is 11.9 Å². The zero-order chi connectivity index (χ0) is 11.6. The fourth-order valence-corrected chi connectivity index (χ4v) is 2.74. The molecule has 0 radical (unpaired) electrons. The molecule has 1 fully saturated rings. The highest BCUT2D eigenvalue weighted by atomic mass is 79.9. The molecule has 2 rings (SSSR count). The van der Waals surface area contributed by atoms with Gasteiger partial charge in [0.05, 0.1) is 4.47 Å². The molecule has 3 heteroatoms. The van der Waals surface area contributed by atoms with Gasteiger partial charge in [0.2, 0.25) is 0 Å². The van der Waals surface area contributed by atoms with E-state index in [-0.39, 0.29) is 0 Å². The molecule has 0 bridgehead atoms. The van der Waals surface area contributed by atoms with E-state index >= 15 is 0 Å². The van der Waals surface area contributed by atoms with Gasteiger partial charge in [-0.25, -0.2) is 4.98 Å². The Hall–Kier alpha value is -0.570. The second kappa shape index (κ2) is 4.74. The fourth-order valence-electron chi connectivity index (χ4n) is 2.37. The van der Waals surface area contributed by atoms with Gasteiger partial charge in [0.25, 0.3) is 0 Å². The molecule has 0 amide bonds. The van der Waals surface area contributed by atoms with Crippen LogP contribution >= 0.6 is 15.9 Å². The summed E-state index contributed by atoms with van der Waals surface area (Å²) in [6, 6.07) is 2.02.